The maximum absolute atomic E-state index is 13.5. The van der Waals surface area contributed by atoms with Gasteiger partial charge < -0.3 is 9.47 Å². The molecule has 0 radical (unpaired) electrons. The fraction of sp³-hybridized carbons (Fsp3) is 0.194. The van der Waals surface area contributed by atoms with E-state index in [0.29, 0.717) is 40.9 Å². The van der Waals surface area contributed by atoms with E-state index in [1.807, 2.05) is 56.3 Å². The third-order valence-electron chi connectivity index (χ3n) is 6.17. The maximum atomic E-state index is 13.5. The topological polar surface area (TPSA) is 79.6 Å². The average Bonchev–Trinajstić information content (AvgIpc) is 2.91. The standard InChI is InChI=1S/C31H27ClN2O4/c1-4-37-29-16-24(11-14-28(29)38-19-23-9-12-25(32)13-10-23)15-26-21(3)27(17-33)31(36)34(30(26)35)18-22-7-5-20(2)6-8-22/h5-16H,4,18-19H2,1-3H3/b26-15+. The summed E-state index contributed by atoms with van der Waals surface area (Å²) in [5, 5.41) is 10.4. The molecule has 0 N–H and O–H groups in total. The summed E-state index contributed by atoms with van der Waals surface area (Å²) in [4.78, 5) is 27.6. The van der Waals surface area contributed by atoms with Crippen molar-refractivity contribution in [2.24, 2.45) is 0 Å². The van der Waals surface area contributed by atoms with Crippen molar-refractivity contribution in [3.63, 3.8) is 0 Å². The predicted octanol–water partition coefficient (Wildman–Crippen LogP) is 6.42. The summed E-state index contributed by atoms with van der Waals surface area (Å²) >= 11 is 5.96. The lowest BCUT2D eigenvalue weighted by Crippen LogP contribution is -2.42. The summed E-state index contributed by atoms with van der Waals surface area (Å²) in [6.45, 7) is 6.30. The number of amides is 2. The second kappa shape index (κ2) is 11.8. The van der Waals surface area contributed by atoms with Crippen LogP contribution in [0.3, 0.4) is 0 Å². The molecule has 0 bridgehead atoms. The maximum Gasteiger partial charge on any atom is 0.271 e. The van der Waals surface area contributed by atoms with Crippen LogP contribution in [0.2, 0.25) is 5.02 Å². The molecule has 0 unspecified atom stereocenters. The Labute approximate surface area is 227 Å². The molecule has 6 nitrogen and oxygen atoms in total. The van der Waals surface area contributed by atoms with E-state index in [-0.39, 0.29) is 17.7 Å². The van der Waals surface area contributed by atoms with E-state index in [1.54, 1.807) is 43.3 Å². The third-order valence-corrected chi connectivity index (χ3v) is 6.42. The highest BCUT2D eigenvalue weighted by Crippen LogP contribution is 2.33. The third kappa shape index (κ3) is 5.96. The number of benzene rings is 3. The SMILES string of the molecule is CCOc1cc(/C=C2/C(=O)N(Cc3ccc(C)cc3)C(=O)C(C#N)=C2C)ccc1OCc1ccc(Cl)cc1. The highest BCUT2D eigenvalue weighted by Gasteiger charge is 2.35. The zero-order valence-electron chi connectivity index (χ0n) is 21.5. The van der Waals surface area contributed by atoms with Crippen LogP contribution in [0.5, 0.6) is 11.5 Å². The first-order valence-corrected chi connectivity index (χ1v) is 12.6. The molecular weight excluding hydrogens is 500 g/mol. The predicted molar refractivity (Wildman–Crippen MR) is 146 cm³/mol. The molecule has 1 aliphatic heterocycles. The van der Waals surface area contributed by atoms with Gasteiger partial charge in [0.05, 0.1) is 13.2 Å². The van der Waals surface area contributed by atoms with Crippen LogP contribution in [0, 0.1) is 18.3 Å². The molecule has 192 valence electrons. The van der Waals surface area contributed by atoms with Gasteiger partial charge in [0.25, 0.3) is 11.8 Å². The molecular formula is C31H27ClN2O4. The van der Waals surface area contributed by atoms with Crippen molar-refractivity contribution in [3.8, 4) is 17.6 Å². The lowest BCUT2D eigenvalue weighted by molar-refractivity contribution is -0.141. The van der Waals surface area contributed by atoms with Crippen molar-refractivity contribution >= 4 is 29.5 Å². The number of nitriles is 1. The molecule has 3 aromatic rings. The van der Waals surface area contributed by atoms with Gasteiger partial charge in [-0.05, 0) is 73.4 Å². The van der Waals surface area contributed by atoms with Crippen molar-refractivity contribution in [1.82, 2.24) is 4.90 Å². The van der Waals surface area contributed by atoms with Gasteiger partial charge in [-0.2, -0.15) is 5.26 Å². The average molecular weight is 527 g/mol. The molecule has 0 aliphatic carbocycles. The Morgan fingerprint density at radius 3 is 2.24 bits per heavy atom. The van der Waals surface area contributed by atoms with E-state index >= 15 is 0 Å². The number of halogens is 1. The van der Waals surface area contributed by atoms with Gasteiger partial charge in [-0.15, -0.1) is 0 Å². The smallest absolute Gasteiger partial charge is 0.271 e. The molecule has 0 fully saturated rings. The van der Waals surface area contributed by atoms with E-state index in [1.165, 1.54) is 0 Å². The minimum atomic E-state index is -0.589. The molecule has 1 heterocycles. The number of hydrogen-bond acceptors (Lipinski definition) is 5. The summed E-state index contributed by atoms with van der Waals surface area (Å²) in [6.07, 6.45) is 1.68. The molecule has 0 aromatic heterocycles. The molecule has 0 saturated carbocycles. The van der Waals surface area contributed by atoms with E-state index < -0.39 is 11.8 Å². The Morgan fingerprint density at radius 2 is 1.58 bits per heavy atom. The second-order valence-electron chi connectivity index (χ2n) is 8.91. The Kier molecular flexibility index (Phi) is 8.30. The minimum Gasteiger partial charge on any atom is -0.490 e. The number of hydrogen-bond donors (Lipinski definition) is 0. The van der Waals surface area contributed by atoms with Crippen molar-refractivity contribution in [2.45, 2.75) is 33.9 Å². The molecule has 0 spiro atoms. The van der Waals surface area contributed by atoms with Crippen LogP contribution in [0.1, 0.15) is 36.1 Å². The van der Waals surface area contributed by atoms with E-state index in [9.17, 15) is 14.9 Å². The van der Waals surface area contributed by atoms with Gasteiger partial charge in [-0.25, -0.2) is 0 Å². The second-order valence-corrected chi connectivity index (χ2v) is 9.34. The van der Waals surface area contributed by atoms with Crippen LogP contribution in [0.25, 0.3) is 6.08 Å². The first-order valence-electron chi connectivity index (χ1n) is 12.2. The van der Waals surface area contributed by atoms with Crippen LogP contribution < -0.4 is 9.47 Å². The Morgan fingerprint density at radius 1 is 0.895 bits per heavy atom. The number of ether oxygens (including phenoxy) is 2. The van der Waals surface area contributed by atoms with Gasteiger partial charge >= 0.3 is 0 Å². The van der Waals surface area contributed by atoms with Gasteiger partial charge in [-0.3, -0.25) is 14.5 Å². The first-order chi connectivity index (χ1) is 18.3. The quantitative estimate of drug-likeness (QED) is 0.250. The zero-order valence-corrected chi connectivity index (χ0v) is 22.2. The van der Waals surface area contributed by atoms with Crippen LogP contribution in [-0.2, 0) is 22.7 Å². The number of carbonyl (C=O) groups excluding carboxylic acids is 2. The van der Waals surface area contributed by atoms with Gasteiger partial charge in [0.1, 0.15) is 18.2 Å². The van der Waals surface area contributed by atoms with E-state index in [2.05, 4.69) is 0 Å². The molecule has 0 saturated heterocycles. The summed E-state index contributed by atoms with van der Waals surface area (Å²) in [5.41, 5.74) is 4.10. The number of rotatable bonds is 8. The van der Waals surface area contributed by atoms with Crippen molar-refractivity contribution in [1.29, 1.82) is 5.26 Å². The number of carbonyl (C=O) groups is 2. The normalized spacial score (nSPS) is 14.6. The Hall–Kier alpha value is -4.34. The monoisotopic (exact) mass is 526 g/mol. The molecule has 1 aliphatic rings. The number of aryl methyl sites for hydroxylation is 1. The summed E-state index contributed by atoms with van der Waals surface area (Å²) in [6, 6.07) is 22.3. The highest BCUT2D eigenvalue weighted by molar-refractivity contribution is 6.30. The lowest BCUT2D eigenvalue weighted by Gasteiger charge is -2.27. The van der Waals surface area contributed by atoms with Crippen molar-refractivity contribution in [2.75, 3.05) is 6.61 Å². The van der Waals surface area contributed by atoms with E-state index in [0.717, 1.165) is 21.6 Å². The largest absolute Gasteiger partial charge is 0.490 e. The van der Waals surface area contributed by atoms with Crippen molar-refractivity contribution < 1.29 is 19.1 Å². The molecule has 3 aromatic carbocycles. The fourth-order valence-corrected chi connectivity index (χ4v) is 4.19. The molecule has 38 heavy (non-hydrogen) atoms. The van der Waals surface area contributed by atoms with Gasteiger partial charge in [0.2, 0.25) is 0 Å². The molecule has 0 atom stereocenters. The molecule has 4 rings (SSSR count). The summed E-state index contributed by atoms with van der Waals surface area (Å²) in [7, 11) is 0. The lowest BCUT2D eigenvalue weighted by atomic mass is 9.93. The summed E-state index contributed by atoms with van der Waals surface area (Å²) in [5.74, 6) is 0.0376. The highest BCUT2D eigenvalue weighted by atomic mass is 35.5. The Bertz CT molecular complexity index is 1470. The van der Waals surface area contributed by atoms with Gasteiger partial charge in [-0.1, -0.05) is 59.6 Å². The number of nitrogens with zero attached hydrogens (tertiary/aromatic N) is 2. The van der Waals surface area contributed by atoms with E-state index in [4.69, 9.17) is 21.1 Å². The Balaban J connectivity index is 1.64. The van der Waals surface area contributed by atoms with Crippen LogP contribution in [0.4, 0.5) is 0 Å². The molecule has 7 heteroatoms. The molecule has 2 amide bonds. The number of imide groups is 1. The van der Waals surface area contributed by atoms with Crippen LogP contribution >= 0.6 is 11.6 Å². The van der Waals surface area contributed by atoms with Crippen molar-refractivity contribution in [3.05, 3.63) is 111 Å². The van der Waals surface area contributed by atoms with Gasteiger partial charge in [0.15, 0.2) is 11.5 Å². The first kappa shape index (κ1) is 26.7. The summed E-state index contributed by atoms with van der Waals surface area (Å²) < 4.78 is 11.8. The van der Waals surface area contributed by atoms with Crippen LogP contribution in [0.15, 0.2) is 83.4 Å². The van der Waals surface area contributed by atoms with Crippen LogP contribution in [-0.4, -0.2) is 23.3 Å². The zero-order chi connectivity index (χ0) is 27.2. The fourth-order valence-electron chi connectivity index (χ4n) is 4.06. The minimum absolute atomic E-state index is 0.0455. The van der Waals surface area contributed by atoms with Gasteiger partial charge in [0, 0.05) is 10.6 Å².